The van der Waals surface area contributed by atoms with Gasteiger partial charge in [0, 0.05) is 17.1 Å². The molecule has 0 N–H and O–H groups in total. The third kappa shape index (κ3) is 3.73. The lowest BCUT2D eigenvalue weighted by molar-refractivity contribution is 0.0973. The van der Waals surface area contributed by atoms with Crippen molar-refractivity contribution in [2.24, 2.45) is 0 Å². The van der Waals surface area contributed by atoms with E-state index >= 15 is 0 Å². The van der Waals surface area contributed by atoms with E-state index in [1.165, 1.54) is 45.8 Å². The standard InChI is InChI=1S/C22H16ClFN4O3/c1-2-11-27-21(30)19-20(28(22(27)31)17-9-7-16(24)8-10-17)25-13-26(19)12-18(29)14-3-5-15(23)6-4-14/h2-10,13H,1,11-12H2. The molecule has 0 aliphatic rings. The zero-order valence-electron chi connectivity index (χ0n) is 16.2. The molecule has 9 heteroatoms. The largest absolute Gasteiger partial charge is 0.337 e. The van der Waals surface area contributed by atoms with E-state index in [0.29, 0.717) is 16.3 Å². The van der Waals surface area contributed by atoms with Crippen LogP contribution in [0.1, 0.15) is 10.4 Å². The molecule has 0 amide bonds. The summed E-state index contributed by atoms with van der Waals surface area (Å²) in [6.45, 7) is 3.39. The highest BCUT2D eigenvalue weighted by Crippen LogP contribution is 2.15. The summed E-state index contributed by atoms with van der Waals surface area (Å²) < 4.78 is 17.0. The number of halogens is 2. The van der Waals surface area contributed by atoms with Gasteiger partial charge in [-0.25, -0.2) is 18.7 Å². The summed E-state index contributed by atoms with van der Waals surface area (Å²) in [5.41, 5.74) is -0.329. The molecule has 7 nitrogen and oxygen atoms in total. The Balaban J connectivity index is 1.91. The van der Waals surface area contributed by atoms with Crippen LogP contribution in [-0.4, -0.2) is 24.5 Å². The Bertz CT molecular complexity index is 1420. The maximum absolute atomic E-state index is 13.4. The predicted octanol–water partition coefficient (Wildman–Crippen LogP) is 3.21. The first kappa shape index (κ1) is 20.5. The maximum Gasteiger partial charge on any atom is 0.337 e. The van der Waals surface area contributed by atoms with E-state index < -0.39 is 17.1 Å². The van der Waals surface area contributed by atoms with Gasteiger partial charge in [0.05, 0.1) is 18.6 Å². The van der Waals surface area contributed by atoms with Crippen molar-refractivity contribution in [2.45, 2.75) is 13.1 Å². The van der Waals surface area contributed by atoms with Gasteiger partial charge in [-0.05, 0) is 48.5 Å². The number of ketones is 1. The van der Waals surface area contributed by atoms with Crippen LogP contribution in [0.15, 0.2) is 77.1 Å². The maximum atomic E-state index is 13.4. The van der Waals surface area contributed by atoms with Crippen LogP contribution >= 0.6 is 11.6 Å². The molecule has 0 aliphatic carbocycles. The first-order valence-electron chi connectivity index (χ1n) is 9.27. The number of carbonyl (C=O) groups is 1. The average molecular weight is 439 g/mol. The fraction of sp³-hybridized carbons (Fsp3) is 0.0909. The van der Waals surface area contributed by atoms with Gasteiger partial charge in [-0.2, -0.15) is 0 Å². The summed E-state index contributed by atoms with van der Waals surface area (Å²) >= 11 is 5.87. The number of fused-ring (bicyclic) bond motifs is 1. The Hall–Kier alpha value is -3.78. The van der Waals surface area contributed by atoms with Gasteiger partial charge in [-0.1, -0.05) is 17.7 Å². The lowest BCUT2D eigenvalue weighted by atomic mass is 10.1. The first-order chi connectivity index (χ1) is 14.9. The molecule has 156 valence electrons. The fourth-order valence-corrected chi connectivity index (χ4v) is 3.42. The van der Waals surface area contributed by atoms with Crippen LogP contribution in [0.5, 0.6) is 0 Å². The average Bonchev–Trinajstić information content (AvgIpc) is 3.16. The second kappa shape index (κ2) is 8.16. The number of Topliss-reactive ketones (excluding diaryl/α,β-unsaturated/α-hetero) is 1. The monoisotopic (exact) mass is 438 g/mol. The highest BCUT2D eigenvalue weighted by atomic mass is 35.5. The third-order valence-electron chi connectivity index (χ3n) is 4.78. The topological polar surface area (TPSA) is 78.9 Å². The first-order valence-corrected chi connectivity index (χ1v) is 9.65. The lowest BCUT2D eigenvalue weighted by Gasteiger charge is -2.11. The molecule has 0 saturated heterocycles. The van der Waals surface area contributed by atoms with Gasteiger partial charge in [0.25, 0.3) is 5.56 Å². The van der Waals surface area contributed by atoms with Gasteiger partial charge >= 0.3 is 5.69 Å². The molecular formula is C22H16ClFN4O3. The van der Waals surface area contributed by atoms with Gasteiger partial charge < -0.3 is 4.57 Å². The number of imidazole rings is 1. The normalized spacial score (nSPS) is 11.0. The number of benzene rings is 2. The zero-order chi connectivity index (χ0) is 22.1. The Morgan fingerprint density at radius 1 is 1.10 bits per heavy atom. The number of carbonyl (C=O) groups excluding carboxylic acids is 1. The van der Waals surface area contributed by atoms with Crippen LogP contribution in [0, 0.1) is 5.82 Å². The molecule has 0 atom stereocenters. The molecule has 0 aliphatic heterocycles. The number of allylic oxidation sites excluding steroid dienone is 1. The van der Waals surface area contributed by atoms with Crippen molar-refractivity contribution in [1.82, 2.24) is 18.7 Å². The second-order valence-corrected chi connectivity index (χ2v) is 7.21. The quantitative estimate of drug-likeness (QED) is 0.342. The third-order valence-corrected chi connectivity index (χ3v) is 5.03. The van der Waals surface area contributed by atoms with E-state index in [1.807, 2.05) is 0 Å². The molecule has 0 unspecified atom stereocenters. The molecule has 0 saturated carbocycles. The minimum absolute atomic E-state index is 0.0366. The van der Waals surface area contributed by atoms with E-state index in [1.54, 1.807) is 24.3 Å². The molecule has 2 heterocycles. The molecule has 4 rings (SSSR count). The van der Waals surface area contributed by atoms with E-state index in [4.69, 9.17) is 11.6 Å². The van der Waals surface area contributed by atoms with E-state index in [0.717, 1.165) is 4.57 Å². The van der Waals surface area contributed by atoms with Gasteiger partial charge in [0.1, 0.15) is 5.82 Å². The molecule has 2 aromatic carbocycles. The number of hydrogen-bond donors (Lipinski definition) is 0. The molecule has 0 fully saturated rings. The Labute approximate surface area is 180 Å². The van der Waals surface area contributed by atoms with Crippen LogP contribution in [0.2, 0.25) is 5.02 Å². The van der Waals surface area contributed by atoms with Crippen molar-refractivity contribution >= 4 is 28.5 Å². The summed E-state index contributed by atoms with van der Waals surface area (Å²) in [6.07, 6.45) is 2.75. The lowest BCUT2D eigenvalue weighted by Crippen LogP contribution is -2.40. The van der Waals surface area contributed by atoms with Crippen molar-refractivity contribution in [3.63, 3.8) is 0 Å². The fourth-order valence-electron chi connectivity index (χ4n) is 3.29. The Morgan fingerprint density at radius 3 is 2.42 bits per heavy atom. The van der Waals surface area contributed by atoms with Crippen LogP contribution in [-0.2, 0) is 13.1 Å². The summed E-state index contributed by atoms with van der Waals surface area (Å²) in [5, 5.41) is 0.500. The van der Waals surface area contributed by atoms with Gasteiger partial charge in [0.15, 0.2) is 16.9 Å². The number of nitrogens with zero attached hydrogens (tertiary/aromatic N) is 4. The number of hydrogen-bond acceptors (Lipinski definition) is 4. The van der Waals surface area contributed by atoms with Crippen LogP contribution in [0.25, 0.3) is 16.9 Å². The summed E-state index contributed by atoms with van der Waals surface area (Å²) in [6, 6.07) is 11.6. The minimum Gasteiger partial charge on any atom is -0.317 e. The highest BCUT2D eigenvalue weighted by molar-refractivity contribution is 6.30. The number of rotatable bonds is 6. The molecule has 4 aromatic rings. The summed E-state index contributed by atoms with van der Waals surface area (Å²) in [5.74, 6) is -0.725. The second-order valence-electron chi connectivity index (χ2n) is 6.77. The van der Waals surface area contributed by atoms with E-state index in [2.05, 4.69) is 11.6 Å². The number of aromatic nitrogens is 4. The van der Waals surface area contributed by atoms with Crippen molar-refractivity contribution in [1.29, 1.82) is 0 Å². The highest BCUT2D eigenvalue weighted by Gasteiger charge is 2.20. The van der Waals surface area contributed by atoms with Crippen molar-refractivity contribution in [2.75, 3.05) is 0 Å². The summed E-state index contributed by atoms with van der Waals surface area (Å²) in [7, 11) is 0. The summed E-state index contributed by atoms with van der Waals surface area (Å²) in [4.78, 5) is 43.0. The van der Waals surface area contributed by atoms with E-state index in [-0.39, 0.29) is 30.0 Å². The van der Waals surface area contributed by atoms with Crippen LogP contribution in [0.3, 0.4) is 0 Å². The van der Waals surface area contributed by atoms with Gasteiger partial charge in [-0.3, -0.25) is 14.2 Å². The SMILES string of the molecule is C=CCn1c(=O)c2c(ncn2CC(=O)c2ccc(Cl)cc2)n(-c2ccc(F)cc2)c1=O. The molecular weight excluding hydrogens is 423 g/mol. The molecule has 2 aromatic heterocycles. The Morgan fingerprint density at radius 2 is 1.77 bits per heavy atom. The van der Waals surface area contributed by atoms with Crippen LogP contribution < -0.4 is 11.2 Å². The van der Waals surface area contributed by atoms with Crippen molar-refractivity contribution in [3.8, 4) is 5.69 Å². The molecule has 31 heavy (non-hydrogen) atoms. The predicted molar refractivity (Wildman–Crippen MR) is 116 cm³/mol. The smallest absolute Gasteiger partial charge is 0.317 e. The Kier molecular flexibility index (Phi) is 5.39. The van der Waals surface area contributed by atoms with Gasteiger partial charge in [-0.15, -0.1) is 6.58 Å². The van der Waals surface area contributed by atoms with Gasteiger partial charge in [0.2, 0.25) is 0 Å². The van der Waals surface area contributed by atoms with E-state index in [9.17, 15) is 18.8 Å². The molecule has 0 radical (unpaired) electrons. The molecule has 0 bridgehead atoms. The van der Waals surface area contributed by atoms with Crippen molar-refractivity contribution in [3.05, 3.63) is 105 Å². The molecule has 0 spiro atoms. The minimum atomic E-state index is -0.640. The zero-order valence-corrected chi connectivity index (χ0v) is 16.9. The van der Waals surface area contributed by atoms with Crippen LogP contribution in [0.4, 0.5) is 4.39 Å². The van der Waals surface area contributed by atoms with Crippen molar-refractivity contribution < 1.29 is 9.18 Å².